The average Bonchev–Trinajstić information content (AvgIpc) is 2.51. The van der Waals surface area contributed by atoms with Crippen LogP contribution in [-0.2, 0) is 0 Å². The van der Waals surface area contributed by atoms with Crippen LogP contribution in [0.3, 0.4) is 0 Å². The summed E-state index contributed by atoms with van der Waals surface area (Å²) in [6.07, 6.45) is 1.90. The first-order chi connectivity index (χ1) is 12.3. The Kier molecular flexibility index (Phi) is 4.86. The molecule has 0 amide bonds. The van der Waals surface area contributed by atoms with Gasteiger partial charge < -0.3 is 4.90 Å². The summed E-state index contributed by atoms with van der Waals surface area (Å²) in [4.78, 5) is 6.81. The molecule has 0 N–H and O–H groups in total. The van der Waals surface area contributed by atoms with Gasteiger partial charge in [0.1, 0.15) is 0 Å². The van der Waals surface area contributed by atoms with Crippen LogP contribution in [-0.4, -0.2) is 4.98 Å². The van der Waals surface area contributed by atoms with E-state index < -0.39 is 0 Å². The maximum Gasteiger partial charge on any atom is 0.0520 e. The van der Waals surface area contributed by atoms with Crippen LogP contribution in [0.25, 0.3) is 0 Å². The lowest BCUT2D eigenvalue weighted by molar-refractivity contribution is 1.13. The van der Waals surface area contributed by atoms with Gasteiger partial charge in [-0.05, 0) is 82.9 Å². The molecule has 1 heterocycles. The lowest BCUT2D eigenvalue weighted by atomic mass is 9.99. The van der Waals surface area contributed by atoms with E-state index in [1.807, 2.05) is 13.1 Å². The molecule has 2 aromatic carbocycles. The molecule has 2 heteroatoms. The molecule has 1 aromatic heterocycles. The second-order valence-electron chi connectivity index (χ2n) is 7.49. The number of nitrogens with zero attached hydrogens (tertiary/aromatic N) is 2. The molecule has 0 radical (unpaired) electrons. The third kappa shape index (κ3) is 3.37. The molecule has 0 spiro atoms. The Labute approximate surface area is 157 Å². The van der Waals surface area contributed by atoms with Crippen LogP contribution in [0.15, 0.2) is 42.6 Å². The van der Waals surface area contributed by atoms with Gasteiger partial charge >= 0.3 is 0 Å². The summed E-state index contributed by atoms with van der Waals surface area (Å²) < 4.78 is 0. The average molecular weight is 345 g/mol. The van der Waals surface area contributed by atoms with Gasteiger partial charge in [0.15, 0.2) is 0 Å². The van der Waals surface area contributed by atoms with E-state index in [4.69, 9.17) is 0 Å². The van der Waals surface area contributed by atoms with Gasteiger partial charge in [0.2, 0.25) is 0 Å². The number of pyridine rings is 1. The van der Waals surface area contributed by atoms with E-state index in [-0.39, 0.29) is 0 Å². The lowest BCUT2D eigenvalue weighted by Gasteiger charge is -2.32. The van der Waals surface area contributed by atoms with Crippen LogP contribution in [0, 0.1) is 48.5 Å². The topological polar surface area (TPSA) is 16.1 Å². The SMILES string of the molecule is Cc1cc(C)c(N(c2ccnc(C)c2)c2c(C)cc(C)cc2C)c(C)c1. The van der Waals surface area contributed by atoms with Crippen molar-refractivity contribution in [3.8, 4) is 0 Å². The zero-order valence-electron chi connectivity index (χ0n) is 16.9. The minimum atomic E-state index is 1.03. The minimum Gasteiger partial charge on any atom is -0.309 e. The molecule has 3 rings (SSSR count). The Balaban J connectivity index is 2.36. The van der Waals surface area contributed by atoms with Crippen LogP contribution in [0.1, 0.15) is 39.1 Å². The quantitative estimate of drug-likeness (QED) is 0.525. The number of anilines is 3. The second-order valence-corrected chi connectivity index (χ2v) is 7.49. The number of rotatable bonds is 3. The minimum absolute atomic E-state index is 1.03. The Hall–Kier alpha value is -2.61. The molecule has 0 saturated carbocycles. The van der Waals surface area contributed by atoms with Gasteiger partial charge in [0, 0.05) is 17.6 Å². The van der Waals surface area contributed by atoms with Crippen molar-refractivity contribution in [1.29, 1.82) is 0 Å². The molecule has 0 atom stereocenters. The van der Waals surface area contributed by atoms with Gasteiger partial charge in [-0.1, -0.05) is 35.4 Å². The van der Waals surface area contributed by atoms with E-state index in [1.165, 1.54) is 44.8 Å². The van der Waals surface area contributed by atoms with E-state index in [0.29, 0.717) is 0 Å². The molecule has 0 unspecified atom stereocenters. The number of aromatic nitrogens is 1. The fourth-order valence-corrected chi connectivity index (χ4v) is 4.09. The highest BCUT2D eigenvalue weighted by Gasteiger charge is 2.21. The molecule has 0 aliphatic heterocycles. The van der Waals surface area contributed by atoms with Crippen molar-refractivity contribution in [2.24, 2.45) is 0 Å². The molecule has 0 fully saturated rings. The summed E-state index contributed by atoms with van der Waals surface area (Å²) in [5, 5.41) is 0. The predicted molar refractivity (Wildman–Crippen MR) is 112 cm³/mol. The molecule has 0 aliphatic carbocycles. The second kappa shape index (κ2) is 6.95. The van der Waals surface area contributed by atoms with Gasteiger partial charge in [-0.15, -0.1) is 0 Å². The van der Waals surface area contributed by atoms with Crippen molar-refractivity contribution in [3.63, 3.8) is 0 Å². The van der Waals surface area contributed by atoms with Crippen molar-refractivity contribution in [1.82, 2.24) is 4.98 Å². The summed E-state index contributed by atoms with van der Waals surface area (Å²) in [5.74, 6) is 0. The molecule has 3 aromatic rings. The van der Waals surface area contributed by atoms with Crippen molar-refractivity contribution >= 4 is 17.1 Å². The maximum absolute atomic E-state index is 4.40. The maximum atomic E-state index is 4.40. The third-order valence-electron chi connectivity index (χ3n) is 4.86. The highest BCUT2D eigenvalue weighted by Crippen LogP contribution is 2.42. The molecule has 0 aliphatic rings. The molecule has 26 heavy (non-hydrogen) atoms. The van der Waals surface area contributed by atoms with E-state index in [0.717, 1.165) is 11.4 Å². The third-order valence-corrected chi connectivity index (χ3v) is 4.86. The van der Waals surface area contributed by atoms with Gasteiger partial charge in [-0.2, -0.15) is 0 Å². The molecule has 0 bridgehead atoms. The Morgan fingerprint density at radius 1 is 0.615 bits per heavy atom. The highest BCUT2D eigenvalue weighted by molar-refractivity contribution is 5.83. The summed E-state index contributed by atoms with van der Waals surface area (Å²) in [6, 6.07) is 13.3. The highest BCUT2D eigenvalue weighted by atomic mass is 15.2. The van der Waals surface area contributed by atoms with Gasteiger partial charge in [-0.3, -0.25) is 4.98 Å². The summed E-state index contributed by atoms with van der Waals surface area (Å²) >= 11 is 0. The largest absolute Gasteiger partial charge is 0.309 e. The zero-order valence-corrected chi connectivity index (χ0v) is 16.9. The fraction of sp³-hybridized carbons (Fsp3) is 0.292. The van der Waals surface area contributed by atoms with Gasteiger partial charge in [-0.25, -0.2) is 0 Å². The Morgan fingerprint density at radius 2 is 1.04 bits per heavy atom. The summed E-state index contributed by atoms with van der Waals surface area (Å²) in [6.45, 7) is 15.2. The number of aryl methyl sites for hydroxylation is 7. The lowest BCUT2D eigenvalue weighted by Crippen LogP contribution is -2.16. The molecule has 2 nitrogen and oxygen atoms in total. The van der Waals surface area contributed by atoms with E-state index in [9.17, 15) is 0 Å². The first kappa shape index (κ1) is 18.2. The number of benzene rings is 2. The Morgan fingerprint density at radius 3 is 1.42 bits per heavy atom. The van der Waals surface area contributed by atoms with Crippen molar-refractivity contribution in [2.45, 2.75) is 48.5 Å². The van der Waals surface area contributed by atoms with Crippen LogP contribution in [0.2, 0.25) is 0 Å². The first-order valence-corrected chi connectivity index (χ1v) is 9.16. The first-order valence-electron chi connectivity index (χ1n) is 9.16. The molecule has 134 valence electrons. The van der Waals surface area contributed by atoms with E-state index in [2.05, 4.69) is 87.8 Å². The summed E-state index contributed by atoms with van der Waals surface area (Å²) in [5.41, 5.74) is 12.5. The van der Waals surface area contributed by atoms with Crippen LogP contribution >= 0.6 is 0 Å². The standard InChI is InChI=1S/C24H28N2/c1-15-10-17(3)23(18(4)11-15)26(22-8-9-25-21(7)14-22)24-19(5)12-16(2)13-20(24)6/h8-14H,1-7H3. The normalized spacial score (nSPS) is 10.9. The van der Waals surface area contributed by atoms with E-state index >= 15 is 0 Å². The van der Waals surface area contributed by atoms with Crippen LogP contribution in [0.5, 0.6) is 0 Å². The molecular weight excluding hydrogens is 316 g/mol. The van der Waals surface area contributed by atoms with Gasteiger partial charge in [0.25, 0.3) is 0 Å². The van der Waals surface area contributed by atoms with Crippen molar-refractivity contribution < 1.29 is 0 Å². The van der Waals surface area contributed by atoms with Gasteiger partial charge in [0.05, 0.1) is 11.4 Å². The molecular formula is C24H28N2. The summed E-state index contributed by atoms with van der Waals surface area (Å²) in [7, 11) is 0. The number of hydrogen-bond donors (Lipinski definition) is 0. The number of hydrogen-bond acceptors (Lipinski definition) is 2. The fourth-order valence-electron chi connectivity index (χ4n) is 4.09. The van der Waals surface area contributed by atoms with Crippen molar-refractivity contribution in [3.05, 3.63) is 81.7 Å². The smallest absolute Gasteiger partial charge is 0.0520 e. The predicted octanol–water partition coefficient (Wildman–Crippen LogP) is 6.71. The van der Waals surface area contributed by atoms with Crippen LogP contribution in [0.4, 0.5) is 17.1 Å². The Bertz CT molecular complexity index is 866. The van der Waals surface area contributed by atoms with Crippen molar-refractivity contribution in [2.75, 3.05) is 4.90 Å². The van der Waals surface area contributed by atoms with E-state index in [1.54, 1.807) is 0 Å². The monoisotopic (exact) mass is 344 g/mol. The van der Waals surface area contributed by atoms with Crippen LogP contribution < -0.4 is 4.90 Å². The molecule has 0 saturated heterocycles. The zero-order chi connectivity index (χ0) is 19.0.